The number of dihydropyridines is 1. The monoisotopic (exact) mass is 298 g/mol. The van der Waals surface area contributed by atoms with Crippen molar-refractivity contribution >= 4 is 23.5 Å². The van der Waals surface area contributed by atoms with Crippen molar-refractivity contribution < 1.29 is 0 Å². The lowest BCUT2D eigenvalue weighted by molar-refractivity contribution is 0.908. The number of hydrogen-bond acceptors (Lipinski definition) is 5. The Bertz CT molecular complexity index is 823. The molecule has 0 spiro atoms. The summed E-state index contributed by atoms with van der Waals surface area (Å²) in [5, 5.41) is 3.47. The maximum Gasteiger partial charge on any atom is 0.270 e. The van der Waals surface area contributed by atoms with Crippen LogP contribution in [0.5, 0.6) is 0 Å². The summed E-state index contributed by atoms with van der Waals surface area (Å²) in [6.45, 7) is 0.766. The van der Waals surface area contributed by atoms with Crippen molar-refractivity contribution in [2.45, 2.75) is 6.42 Å². The van der Waals surface area contributed by atoms with Gasteiger partial charge in [-0.25, -0.2) is 9.98 Å². The number of rotatable bonds is 0. The molecule has 1 aromatic rings. The van der Waals surface area contributed by atoms with Crippen molar-refractivity contribution in [1.29, 1.82) is 0 Å². The van der Waals surface area contributed by atoms with E-state index in [-0.39, 0.29) is 5.56 Å². The van der Waals surface area contributed by atoms with Crippen LogP contribution >= 0.6 is 11.6 Å². The van der Waals surface area contributed by atoms with Gasteiger partial charge in [-0.15, -0.1) is 0 Å². The Kier molecular flexibility index (Phi) is 2.68. The molecular formula is C15H11ClN4O. The number of nitrogens with one attached hydrogen (secondary N) is 1. The van der Waals surface area contributed by atoms with Crippen molar-refractivity contribution in [3.8, 4) is 0 Å². The number of halogens is 1. The molecule has 1 N–H and O–H groups in total. The zero-order chi connectivity index (χ0) is 14.4. The molecule has 0 unspecified atom stereocenters. The Morgan fingerprint density at radius 2 is 2.24 bits per heavy atom. The number of allylic oxidation sites excluding steroid dienone is 3. The molecule has 4 heterocycles. The number of anilines is 1. The molecule has 0 atom stereocenters. The smallest absolute Gasteiger partial charge is 0.270 e. The minimum atomic E-state index is -0.214. The molecule has 3 aliphatic heterocycles. The van der Waals surface area contributed by atoms with E-state index in [0.717, 1.165) is 41.3 Å². The second kappa shape index (κ2) is 4.56. The summed E-state index contributed by atoms with van der Waals surface area (Å²) < 4.78 is 0. The van der Waals surface area contributed by atoms with Gasteiger partial charge in [-0.1, -0.05) is 11.6 Å². The number of aliphatic imine (C=N–C) groups is 1. The second-order valence-electron chi connectivity index (χ2n) is 4.94. The van der Waals surface area contributed by atoms with E-state index in [4.69, 9.17) is 11.6 Å². The van der Waals surface area contributed by atoms with Crippen LogP contribution in [0, 0.1) is 0 Å². The molecule has 5 nitrogen and oxygen atoms in total. The SMILES string of the molecule is O=c1ccc2c3c(n1)CCN3/C(=C1\C=CNC(Cl)=C1)N=C2. The summed E-state index contributed by atoms with van der Waals surface area (Å²) in [4.78, 5) is 22.4. The second-order valence-corrected chi connectivity index (χ2v) is 5.35. The third-order valence-corrected chi connectivity index (χ3v) is 3.86. The van der Waals surface area contributed by atoms with E-state index in [2.05, 4.69) is 20.2 Å². The average Bonchev–Trinajstić information content (AvgIpc) is 2.81. The minimum Gasteiger partial charge on any atom is -0.352 e. The minimum absolute atomic E-state index is 0.214. The van der Waals surface area contributed by atoms with Gasteiger partial charge < -0.3 is 10.2 Å². The van der Waals surface area contributed by atoms with E-state index in [1.165, 1.54) is 6.07 Å². The summed E-state index contributed by atoms with van der Waals surface area (Å²) in [6.07, 6.45) is 8.07. The molecule has 0 saturated heterocycles. The normalized spacial score (nSPS) is 22.0. The Hall–Kier alpha value is -2.40. The molecule has 0 saturated carbocycles. The van der Waals surface area contributed by atoms with E-state index >= 15 is 0 Å². The lowest BCUT2D eigenvalue weighted by atomic mass is 10.1. The van der Waals surface area contributed by atoms with Crippen LogP contribution in [0.25, 0.3) is 0 Å². The maximum atomic E-state index is 11.6. The average molecular weight is 299 g/mol. The molecule has 0 amide bonds. The van der Waals surface area contributed by atoms with Gasteiger partial charge >= 0.3 is 0 Å². The van der Waals surface area contributed by atoms with E-state index in [9.17, 15) is 4.79 Å². The first-order chi connectivity index (χ1) is 10.2. The van der Waals surface area contributed by atoms with Gasteiger partial charge in [0.1, 0.15) is 11.0 Å². The topological polar surface area (TPSA) is 57.6 Å². The molecule has 1 aromatic heterocycles. The molecule has 0 radical (unpaired) electrons. The molecule has 104 valence electrons. The van der Waals surface area contributed by atoms with Gasteiger partial charge in [-0.3, -0.25) is 4.79 Å². The first-order valence-corrected chi connectivity index (χ1v) is 7.00. The standard InChI is InChI=1S/C15H11ClN4O/c16-12-7-9(3-5-17-12)15-18-8-10-1-2-13(21)19-11-4-6-20(15)14(10)11/h1-3,5,7-8,17H,4,6H2/b15-9+. The van der Waals surface area contributed by atoms with Crippen LogP contribution in [0.4, 0.5) is 5.69 Å². The van der Waals surface area contributed by atoms with Gasteiger partial charge in [0.25, 0.3) is 5.56 Å². The fraction of sp³-hybridized carbons (Fsp3) is 0.133. The van der Waals surface area contributed by atoms with Gasteiger partial charge in [-0.05, 0) is 18.2 Å². The fourth-order valence-corrected chi connectivity index (χ4v) is 2.95. The van der Waals surface area contributed by atoms with Crippen molar-refractivity contribution in [2.24, 2.45) is 4.99 Å². The van der Waals surface area contributed by atoms with E-state index in [0.29, 0.717) is 5.16 Å². The first kappa shape index (κ1) is 12.3. The highest BCUT2D eigenvalue weighted by atomic mass is 35.5. The van der Waals surface area contributed by atoms with E-state index < -0.39 is 0 Å². The molecule has 4 rings (SSSR count). The Morgan fingerprint density at radius 3 is 3.10 bits per heavy atom. The van der Waals surface area contributed by atoms with Crippen LogP contribution < -0.4 is 15.8 Å². The summed E-state index contributed by atoms with van der Waals surface area (Å²) in [5.74, 6) is 0.831. The molecule has 0 aliphatic carbocycles. The van der Waals surface area contributed by atoms with Gasteiger partial charge in [0.05, 0.1) is 11.4 Å². The van der Waals surface area contributed by atoms with Crippen LogP contribution in [-0.2, 0) is 6.42 Å². The summed E-state index contributed by atoms with van der Waals surface area (Å²) in [5.41, 5.74) is 3.45. The predicted octanol–water partition coefficient (Wildman–Crippen LogP) is 1.65. The van der Waals surface area contributed by atoms with Crippen LogP contribution in [0.2, 0.25) is 0 Å². The van der Waals surface area contributed by atoms with Crippen LogP contribution in [0.3, 0.4) is 0 Å². The number of hydrogen-bond donors (Lipinski definition) is 1. The lowest BCUT2D eigenvalue weighted by Crippen LogP contribution is -2.24. The van der Waals surface area contributed by atoms with Gasteiger partial charge in [0.15, 0.2) is 0 Å². The van der Waals surface area contributed by atoms with Gasteiger partial charge in [-0.2, -0.15) is 0 Å². The summed E-state index contributed by atoms with van der Waals surface area (Å²) in [7, 11) is 0. The van der Waals surface area contributed by atoms with Gasteiger partial charge in [0.2, 0.25) is 0 Å². The summed E-state index contributed by atoms with van der Waals surface area (Å²) in [6, 6.07) is 3.26. The summed E-state index contributed by atoms with van der Waals surface area (Å²) >= 11 is 6.02. The highest BCUT2D eigenvalue weighted by molar-refractivity contribution is 6.29. The molecule has 3 aliphatic rings. The van der Waals surface area contributed by atoms with Crippen molar-refractivity contribution in [1.82, 2.24) is 10.3 Å². The molecule has 0 bridgehead atoms. The molecular weight excluding hydrogens is 288 g/mol. The van der Waals surface area contributed by atoms with Crippen LogP contribution in [-0.4, -0.2) is 17.7 Å². The number of aromatic nitrogens is 1. The van der Waals surface area contributed by atoms with Crippen molar-refractivity contribution in [3.63, 3.8) is 0 Å². The third kappa shape index (κ3) is 1.97. The Morgan fingerprint density at radius 1 is 1.33 bits per heavy atom. The molecule has 0 fully saturated rings. The number of nitrogens with zero attached hydrogens (tertiary/aromatic N) is 3. The van der Waals surface area contributed by atoms with Crippen molar-refractivity contribution in [2.75, 3.05) is 11.4 Å². The van der Waals surface area contributed by atoms with Crippen LogP contribution in [0.15, 0.2) is 56.8 Å². The zero-order valence-corrected chi connectivity index (χ0v) is 11.8. The van der Waals surface area contributed by atoms with E-state index in [1.54, 1.807) is 18.5 Å². The van der Waals surface area contributed by atoms with E-state index in [1.807, 2.05) is 12.2 Å². The maximum absolute atomic E-state index is 11.6. The fourth-order valence-electron chi connectivity index (χ4n) is 2.77. The highest BCUT2D eigenvalue weighted by Crippen LogP contribution is 2.36. The first-order valence-electron chi connectivity index (χ1n) is 6.63. The molecule has 21 heavy (non-hydrogen) atoms. The molecule has 0 aromatic carbocycles. The Balaban J connectivity index is 1.94. The largest absolute Gasteiger partial charge is 0.352 e. The predicted molar refractivity (Wildman–Crippen MR) is 82.4 cm³/mol. The van der Waals surface area contributed by atoms with Gasteiger partial charge in [0, 0.05) is 42.6 Å². The third-order valence-electron chi connectivity index (χ3n) is 3.65. The molecule has 6 heteroatoms. The quantitative estimate of drug-likeness (QED) is 0.740. The van der Waals surface area contributed by atoms with Crippen LogP contribution in [0.1, 0.15) is 11.3 Å². The zero-order valence-electron chi connectivity index (χ0n) is 11.0. The van der Waals surface area contributed by atoms with Crippen molar-refractivity contribution in [3.05, 3.63) is 68.6 Å². The lowest BCUT2D eigenvalue weighted by Gasteiger charge is -2.25. The highest BCUT2D eigenvalue weighted by Gasteiger charge is 2.29. The Labute approximate surface area is 126 Å².